The van der Waals surface area contributed by atoms with Gasteiger partial charge in [-0.05, 0) is 24.1 Å². The average Bonchev–Trinajstić information content (AvgIpc) is 3.20. The highest BCUT2D eigenvalue weighted by molar-refractivity contribution is 5.98. The molecule has 1 fully saturated rings. The predicted octanol–water partition coefficient (Wildman–Crippen LogP) is 1.90. The third-order valence-corrected chi connectivity index (χ3v) is 4.77. The van der Waals surface area contributed by atoms with Gasteiger partial charge in [0.05, 0.1) is 18.4 Å². The topological polar surface area (TPSA) is 71.3 Å². The minimum Gasteiger partial charge on any atom is -0.335 e. The van der Waals surface area contributed by atoms with Crippen LogP contribution in [0.4, 0.5) is 4.39 Å². The summed E-state index contributed by atoms with van der Waals surface area (Å²) in [5.74, 6) is -1.08. The van der Waals surface area contributed by atoms with Crippen LogP contribution >= 0.6 is 0 Å². The van der Waals surface area contributed by atoms with Crippen molar-refractivity contribution in [1.82, 2.24) is 24.8 Å². The summed E-state index contributed by atoms with van der Waals surface area (Å²) in [7, 11) is 0. The van der Waals surface area contributed by atoms with Crippen LogP contribution in [0, 0.1) is 11.7 Å². The monoisotopic (exact) mass is 371 g/mol. The van der Waals surface area contributed by atoms with Crippen molar-refractivity contribution in [1.29, 1.82) is 0 Å². The first-order valence-electron chi connectivity index (χ1n) is 8.81. The second kappa shape index (κ2) is 7.69. The average molecular weight is 371 g/mol. The van der Waals surface area contributed by atoms with Gasteiger partial charge in [-0.3, -0.25) is 9.59 Å². The molecule has 0 N–H and O–H groups in total. The third kappa shape index (κ3) is 3.60. The molecule has 1 aliphatic rings. The van der Waals surface area contributed by atoms with Crippen molar-refractivity contribution in [2.24, 2.45) is 5.92 Å². The van der Waals surface area contributed by atoms with Gasteiger partial charge in [-0.2, -0.15) is 15.0 Å². The highest BCUT2D eigenvalue weighted by Gasteiger charge is 2.35. The quantitative estimate of drug-likeness (QED) is 0.770. The standard InChI is InChI=1S/C19H22FN5O2/c1-4-17(26)24-11-10-23(12-16(24)13(2)3)19(27)18-14(20)6-5-7-15(18)25-21-8-9-22-25/h4-9,13,16H,1,10-12H2,2-3H3/t16-/m1/s1. The lowest BCUT2D eigenvalue weighted by molar-refractivity contribution is -0.131. The molecule has 0 bridgehead atoms. The van der Waals surface area contributed by atoms with E-state index in [-0.39, 0.29) is 29.1 Å². The normalized spacial score (nSPS) is 17.3. The molecular formula is C19H22FN5O2. The molecule has 8 heteroatoms. The first kappa shape index (κ1) is 18.8. The van der Waals surface area contributed by atoms with E-state index in [1.54, 1.807) is 15.9 Å². The van der Waals surface area contributed by atoms with Gasteiger partial charge in [0.2, 0.25) is 5.91 Å². The van der Waals surface area contributed by atoms with Crippen LogP contribution in [-0.4, -0.2) is 62.3 Å². The minimum atomic E-state index is -0.625. The number of aromatic nitrogens is 3. The fourth-order valence-electron chi connectivity index (χ4n) is 3.35. The molecule has 1 saturated heterocycles. The summed E-state index contributed by atoms with van der Waals surface area (Å²) in [6.45, 7) is 8.55. The number of nitrogens with zero attached hydrogens (tertiary/aromatic N) is 5. The zero-order valence-corrected chi connectivity index (χ0v) is 15.4. The first-order valence-corrected chi connectivity index (χ1v) is 8.81. The van der Waals surface area contributed by atoms with Crippen molar-refractivity contribution < 1.29 is 14.0 Å². The van der Waals surface area contributed by atoms with E-state index in [9.17, 15) is 14.0 Å². The van der Waals surface area contributed by atoms with Crippen LogP contribution in [0.3, 0.4) is 0 Å². The van der Waals surface area contributed by atoms with Crippen LogP contribution in [0.2, 0.25) is 0 Å². The first-order chi connectivity index (χ1) is 12.9. The molecule has 0 radical (unpaired) electrons. The molecule has 0 unspecified atom stereocenters. The van der Waals surface area contributed by atoms with E-state index in [4.69, 9.17) is 0 Å². The number of carbonyl (C=O) groups is 2. The van der Waals surface area contributed by atoms with Gasteiger partial charge in [-0.15, -0.1) is 0 Å². The van der Waals surface area contributed by atoms with Crippen molar-refractivity contribution >= 4 is 11.8 Å². The van der Waals surface area contributed by atoms with Crippen molar-refractivity contribution in [3.05, 3.63) is 54.6 Å². The van der Waals surface area contributed by atoms with Gasteiger partial charge in [0.15, 0.2) is 0 Å². The Morgan fingerprint density at radius 3 is 2.59 bits per heavy atom. The van der Waals surface area contributed by atoms with Gasteiger partial charge in [-0.1, -0.05) is 26.5 Å². The van der Waals surface area contributed by atoms with Crippen molar-refractivity contribution in [3.63, 3.8) is 0 Å². The zero-order valence-electron chi connectivity index (χ0n) is 15.4. The maximum Gasteiger partial charge on any atom is 0.259 e. The molecule has 3 rings (SSSR count). The van der Waals surface area contributed by atoms with Crippen LogP contribution in [0.5, 0.6) is 0 Å². The Balaban J connectivity index is 1.91. The van der Waals surface area contributed by atoms with Gasteiger partial charge in [0.25, 0.3) is 5.91 Å². The predicted molar refractivity (Wildman–Crippen MR) is 97.8 cm³/mol. The van der Waals surface area contributed by atoms with Gasteiger partial charge >= 0.3 is 0 Å². The zero-order chi connectivity index (χ0) is 19.6. The second-order valence-corrected chi connectivity index (χ2v) is 6.75. The van der Waals surface area contributed by atoms with Crippen LogP contribution in [0.1, 0.15) is 24.2 Å². The Kier molecular flexibility index (Phi) is 5.34. The SMILES string of the molecule is C=CC(=O)N1CCN(C(=O)c2c(F)cccc2-n2nccn2)C[C@@H]1C(C)C. The number of halogens is 1. The number of hydrogen-bond acceptors (Lipinski definition) is 4. The summed E-state index contributed by atoms with van der Waals surface area (Å²) < 4.78 is 14.6. The molecule has 0 aliphatic carbocycles. The number of hydrogen-bond donors (Lipinski definition) is 0. The third-order valence-electron chi connectivity index (χ3n) is 4.77. The molecule has 0 spiro atoms. The molecule has 2 aromatic rings. The van der Waals surface area contributed by atoms with Gasteiger partial charge < -0.3 is 9.80 Å². The minimum absolute atomic E-state index is 0.0697. The second-order valence-electron chi connectivity index (χ2n) is 6.75. The molecule has 0 saturated carbocycles. The van der Waals surface area contributed by atoms with E-state index in [2.05, 4.69) is 16.8 Å². The van der Waals surface area contributed by atoms with E-state index in [0.717, 1.165) is 0 Å². The van der Waals surface area contributed by atoms with Crippen LogP contribution in [0.15, 0.2) is 43.2 Å². The van der Waals surface area contributed by atoms with Crippen LogP contribution in [0.25, 0.3) is 5.69 Å². The summed E-state index contributed by atoms with van der Waals surface area (Å²) in [6, 6.07) is 4.21. The van der Waals surface area contributed by atoms with Gasteiger partial charge in [0.1, 0.15) is 17.1 Å². The molecule has 2 heterocycles. The maximum absolute atomic E-state index is 14.6. The molecule has 27 heavy (non-hydrogen) atoms. The fourth-order valence-corrected chi connectivity index (χ4v) is 3.35. The molecule has 1 atom stereocenters. The lowest BCUT2D eigenvalue weighted by Gasteiger charge is -2.43. The molecule has 7 nitrogen and oxygen atoms in total. The van der Waals surface area contributed by atoms with E-state index in [1.807, 2.05) is 13.8 Å². The van der Waals surface area contributed by atoms with Crippen molar-refractivity contribution in [2.45, 2.75) is 19.9 Å². The smallest absolute Gasteiger partial charge is 0.259 e. The van der Waals surface area contributed by atoms with Crippen molar-refractivity contribution in [2.75, 3.05) is 19.6 Å². The largest absolute Gasteiger partial charge is 0.335 e. The summed E-state index contributed by atoms with van der Waals surface area (Å²) in [5.41, 5.74) is 0.218. The summed E-state index contributed by atoms with van der Waals surface area (Å²) in [5, 5.41) is 8.02. The maximum atomic E-state index is 14.6. The molecule has 1 aromatic carbocycles. The van der Waals surface area contributed by atoms with E-state index in [1.165, 1.54) is 35.4 Å². The van der Waals surface area contributed by atoms with E-state index >= 15 is 0 Å². The Hall–Kier alpha value is -3.03. The molecular weight excluding hydrogens is 349 g/mol. The number of benzene rings is 1. The van der Waals surface area contributed by atoms with Gasteiger partial charge in [-0.25, -0.2) is 4.39 Å². The van der Waals surface area contributed by atoms with Crippen LogP contribution < -0.4 is 0 Å². The number of amides is 2. The molecule has 142 valence electrons. The van der Waals surface area contributed by atoms with Gasteiger partial charge in [0, 0.05) is 19.6 Å². The number of piperazine rings is 1. The van der Waals surface area contributed by atoms with E-state index < -0.39 is 11.7 Å². The highest BCUT2D eigenvalue weighted by Crippen LogP contribution is 2.23. The van der Waals surface area contributed by atoms with Crippen LogP contribution in [-0.2, 0) is 4.79 Å². The Labute approximate surface area is 157 Å². The Bertz CT molecular complexity index is 850. The summed E-state index contributed by atoms with van der Waals surface area (Å²) in [4.78, 5) is 29.8. The number of rotatable bonds is 4. The summed E-state index contributed by atoms with van der Waals surface area (Å²) in [6.07, 6.45) is 4.21. The molecule has 1 aromatic heterocycles. The highest BCUT2D eigenvalue weighted by atomic mass is 19.1. The fraction of sp³-hybridized carbons (Fsp3) is 0.368. The molecule has 1 aliphatic heterocycles. The lowest BCUT2D eigenvalue weighted by Crippen LogP contribution is -2.58. The number of carbonyl (C=O) groups excluding carboxylic acids is 2. The van der Waals surface area contributed by atoms with E-state index in [0.29, 0.717) is 19.6 Å². The lowest BCUT2D eigenvalue weighted by atomic mass is 9.98. The molecule has 2 amide bonds. The van der Waals surface area contributed by atoms with Crippen molar-refractivity contribution in [3.8, 4) is 5.69 Å². The Morgan fingerprint density at radius 1 is 1.26 bits per heavy atom. The summed E-state index contributed by atoms with van der Waals surface area (Å²) >= 11 is 0. The Morgan fingerprint density at radius 2 is 1.96 bits per heavy atom.